The molecule has 1 aliphatic heterocycles. The maximum Gasteiger partial charge on any atom is 0.263 e. The molecule has 0 unspecified atom stereocenters. The molecule has 1 aliphatic rings. The topological polar surface area (TPSA) is 113 Å². The highest BCUT2D eigenvalue weighted by molar-refractivity contribution is 6.04. The molecule has 4 N–H and O–H groups in total. The molecule has 5 atom stereocenters. The molecule has 7 nitrogen and oxygen atoms in total. The normalized spacial score (nSPS) is 20.7. The summed E-state index contributed by atoms with van der Waals surface area (Å²) in [6, 6.07) is 16.8. The molecule has 3 aromatic rings. The van der Waals surface area contributed by atoms with E-state index in [1.54, 1.807) is 42.5 Å². The van der Waals surface area contributed by atoms with Gasteiger partial charge < -0.3 is 16.2 Å². The van der Waals surface area contributed by atoms with E-state index in [1.807, 2.05) is 30.3 Å². The van der Waals surface area contributed by atoms with Crippen LogP contribution in [0, 0.1) is 11.6 Å². The molecule has 3 amide bonds. The van der Waals surface area contributed by atoms with Gasteiger partial charge in [-0.15, -0.1) is 0 Å². The summed E-state index contributed by atoms with van der Waals surface area (Å²) in [6.07, 6.45) is 1.35. The SMILES string of the molecule is C[C@H](N)C(=O)N(C(=O)[C@H](O)c1cc(F)cc(F)c1)[C@@H]1C(=O)N[C@H](c2ccccc2)C=C[C@H]1c1ccccc1. The van der Waals surface area contributed by atoms with Crippen molar-refractivity contribution in [3.8, 4) is 0 Å². The summed E-state index contributed by atoms with van der Waals surface area (Å²) >= 11 is 0. The number of imide groups is 1. The zero-order valence-corrected chi connectivity index (χ0v) is 20.5. The number of nitrogens with zero attached hydrogens (tertiary/aromatic N) is 1. The number of aliphatic hydroxyl groups excluding tert-OH is 1. The minimum absolute atomic E-state index is 0.405. The molecule has 0 saturated heterocycles. The second kappa shape index (κ2) is 11.5. The fourth-order valence-electron chi connectivity index (χ4n) is 4.50. The number of aliphatic hydroxyl groups is 1. The first kappa shape index (κ1) is 26.8. The molecule has 3 aromatic carbocycles. The standard InChI is InChI=1S/C29H27F2N3O4/c1-17(32)28(37)34(29(38)26(35)20-14-21(30)16-22(31)15-20)25-23(18-8-4-2-5-9-18)12-13-24(33-27(25)36)19-10-6-3-7-11-19/h2-17,23-26,35H,32H2,1H3,(H,33,36)/t17-,23-,24-,25-,26+/m0/s1. The highest BCUT2D eigenvalue weighted by Crippen LogP contribution is 2.32. The summed E-state index contributed by atoms with van der Waals surface area (Å²) < 4.78 is 27.7. The van der Waals surface area contributed by atoms with E-state index in [9.17, 15) is 28.3 Å². The Bertz CT molecular complexity index is 1330. The number of nitrogens with two attached hydrogens (primary N) is 1. The first-order valence-corrected chi connectivity index (χ1v) is 12.0. The molecule has 0 aromatic heterocycles. The summed E-state index contributed by atoms with van der Waals surface area (Å²) in [5.41, 5.74) is 6.85. The maximum absolute atomic E-state index is 13.9. The minimum atomic E-state index is -2.13. The molecule has 9 heteroatoms. The van der Waals surface area contributed by atoms with Gasteiger partial charge >= 0.3 is 0 Å². The molecule has 196 valence electrons. The number of benzene rings is 3. The second-order valence-corrected chi connectivity index (χ2v) is 9.10. The number of carbonyl (C=O) groups is 3. The van der Waals surface area contributed by atoms with Crippen molar-refractivity contribution in [1.82, 2.24) is 10.2 Å². The number of carbonyl (C=O) groups excluding carboxylic acids is 3. The smallest absolute Gasteiger partial charge is 0.263 e. The second-order valence-electron chi connectivity index (χ2n) is 9.10. The highest BCUT2D eigenvalue weighted by atomic mass is 19.1. The average Bonchev–Trinajstić information content (AvgIpc) is 3.07. The molecule has 0 radical (unpaired) electrons. The van der Waals surface area contributed by atoms with Gasteiger partial charge in [0.05, 0.1) is 12.1 Å². The van der Waals surface area contributed by atoms with Gasteiger partial charge in [-0.1, -0.05) is 72.8 Å². The van der Waals surface area contributed by atoms with Crippen LogP contribution in [0.1, 0.15) is 41.7 Å². The Morgan fingerprint density at radius 2 is 1.45 bits per heavy atom. The van der Waals surface area contributed by atoms with Gasteiger partial charge in [0.15, 0.2) is 6.10 Å². The average molecular weight is 520 g/mol. The predicted octanol–water partition coefficient (Wildman–Crippen LogP) is 3.28. The fraction of sp³-hybridized carbons (Fsp3) is 0.207. The molecule has 0 bridgehead atoms. The Kier molecular flexibility index (Phi) is 8.09. The van der Waals surface area contributed by atoms with Crippen molar-refractivity contribution in [2.24, 2.45) is 5.73 Å². The van der Waals surface area contributed by atoms with Crippen molar-refractivity contribution < 1.29 is 28.3 Å². The van der Waals surface area contributed by atoms with Crippen LogP contribution in [0.4, 0.5) is 8.78 Å². The van der Waals surface area contributed by atoms with Gasteiger partial charge in [0.1, 0.15) is 17.7 Å². The zero-order valence-electron chi connectivity index (χ0n) is 20.5. The lowest BCUT2D eigenvalue weighted by molar-refractivity contribution is -0.158. The van der Waals surface area contributed by atoms with Crippen molar-refractivity contribution in [1.29, 1.82) is 0 Å². The van der Waals surface area contributed by atoms with Crippen molar-refractivity contribution in [3.63, 3.8) is 0 Å². The van der Waals surface area contributed by atoms with Gasteiger partial charge in [-0.2, -0.15) is 0 Å². The third-order valence-corrected chi connectivity index (χ3v) is 6.34. The number of rotatable bonds is 6. The van der Waals surface area contributed by atoms with Crippen LogP contribution in [0.25, 0.3) is 0 Å². The summed E-state index contributed by atoms with van der Waals surface area (Å²) in [7, 11) is 0. The molecule has 38 heavy (non-hydrogen) atoms. The Hall–Kier alpha value is -4.21. The third kappa shape index (κ3) is 5.69. The van der Waals surface area contributed by atoms with E-state index < -0.39 is 65.1 Å². The Labute approximate surface area is 218 Å². The van der Waals surface area contributed by atoms with Crippen LogP contribution in [0.15, 0.2) is 91.0 Å². The van der Waals surface area contributed by atoms with E-state index >= 15 is 0 Å². The molecule has 1 heterocycles. The zero-order chi connectivity index (χ0) is 27.4. The maximum atomic E-state index is 13.9. The first-order valence-electron chi connectivity index (χ1n) is 12.0. The molecule has 0 spiro atoms. The number of halogens is 2. The largest absolute Gasteiger partial charge is 0.378 e. The fourth-order valence-corrected chi connectivity index (χ4v) is 4.50. The highest BCUT2D eigenvalue weighted by Gasteiger charge is 2.44. The van der Waals surface area contributed by atoms with Crippen molar-refractivity contribution in [3.05, 3.63) is 119 Å². The van der Waals surface area contributed by atoms with Crippen molar-refractivity contribution in [2.75, 3.05) is 0 Å². The Morgan fingerprint density at radius 3 is 2.00 bits per heavy atom. The van der Waals surface area contributed by atoms with Crippen LogP contribution < -0.4 is 11.1 Å². The van der Waals surface area contributed by atoms with Crippen LogP contribution in [0.2, 0.25) is 0 Å². The van der Waals surface area contributed by atoms with E-state index in [1.165, 1.54) is 6.92 Å². The van der Waals surface area contributed by atoms with Crippen LogP contribution in [0.3, 0.4) is 0 Å². The first-order chi connectivity index (χ1) is 18.2. The predicted molar refractivity (Wildman–Crippen MR) is 136 cm³/mol. The van der Waals surface area contributed by atoms with Gasteiger partial charge in [0.25, 0.3) is 5.91 Å². The van der Waals surface area contributed by atoms with Crippen LogP contribution >= 0.6 is 0 Å². The summed E-state index contributed by atoms with van der Waals surface area (Å²) in [5, 5.41) is 13.7. The van der Waals surface area contributed by atoms with E-state index in [-0.39, 0.29) is 0 Å². The van der Waals surface area contributed by atoms with Crippen LogP contribution in [-0.4, -0.2) is 39.8 Å². The van der Waals surface area contributed by atoms with E-state index in [0.29, 0.717) is 16.5 Å². The van der Waals surface area contributed by atoms with Crippen molar-refractivity contribution in [2.45, 2.75) is 37.1 Å². The lowest BCUT2D eigenvalue weighted by Gasteiger charge is -2.35. The van der Waals surface area contributed by atoms with Gasteiger partial charge in [-0.3, -0.25) is 19.3 Å². The minimum Gasteiger partial charge on any atom is -0.378 e. The van der Waals surface area contributed by atoms with Crippen LogP contribution in [0.5, 0.6) is 0 Å². The molecule has 0 aliphatic carbocycles. The molecule has 0 fully saturated rings. The quantitative estimate of drug-likeness (QED) is 0.433. The van der Waals surface area contributed by atoms with Gasteiger partial charge in [-0.05, 0) is 35.7 Å². The monoisotopic (exact) mass is 519 g/mol. The van der Waals surface area contributed by atoms with Crippen molar-refractivity contribution >= 4 is 17.7 Å². The number of amides is 3. The molecule has 4 rings (SSSR count). The molecule has 0 saturated carbocycles. The summed E-state index contributed by atoms with van der Waals surface area (Å²) in [6.45, 7) is 1.34. The van der Waals surface area contributed by atoms with E-state index in [4.69, 9.17) is 5.73 Å². The summed E-state index contributed by atoms with van der Waals surface area (Å²) in [5.74, 6) is -5.67. The number of nitrogens with one attached hydrogen (secondary N) is 1. The molecular formula is C29H27F2N3O4. The number of hydrogen-bond donors (Lipinski definition) is 3. The third-order valence-electron chi connectivity index (χ3n) is 6.34. The number of hydrogen-bond acceptors (Lipinski definition) is 5. The van der Waals surface area contributed by atoms with Crippen LogP contribution in [-0.2, 0) is 14.4 Å². The Morgan fingerprint density at radius 1 is 0.895 bits per heavy atom. The van der Waals surface area contributed by atoms with Gasteiger partial charge in [0.2, 0.25) is 11.8 Å². The van der Waals surface area contributed by atoms with Gasteiger partial charge in [-0.25, -0.2) is 8.78 Å². The summed E-state index contributed by atoms with van der Waals surface area (Å²) in [4.78, 5) is 41.4. The van der Waals surface area contributed by atoms with Gasteiger partial charge in [0, 0.05) is 12.0 Å². The van der Waals surface area contributed by atoms with E-state index in [2.05, 4.69) is 5.32 Å². The lowest BCUT2D eigenvalue weighted by Crippen LogP contribution is -2.58. The van der Waals surface area contributed by atoms with E-state index in [0.717, 1.165) is 17.7 Å². The molecular weight excluding hydrogens is 492 g/mol. The Balaban J connectivity index is 1.82. The lowest BCUT2D eigenvalue weighted by atomic mass is 9.88.